The van der Waals surface area contributed by atoms with E-state index in [0.717, 1.165) is 0 Å². The molecule has 1 unspecified atom stereocenters. The molecule has 0 aliphatic heterocycles. The highest BCUT2D eigenvalue weighted by Crippen LogP contribution is 1.89. The molecule has 0 saturated carbocycles. The third-order valence-electron chi connectivity index (χ3n) is 0.920. The first-order chi connectivity index (χ1) is 4.95. The molecule has 0 aromatic heterocycles. The second-order valence-electron chi connectivity index (χ2n) is 2.21. The molecule has 0 aliphatic carbocycles. The molecule has 0 rings (SSSR count). The van der Waals surface area contributed by atoms with Crippen molar-refractivity contribution in [3.05, 3.63) is 0 Å². The highest BCUT2D eigenvalue weighted by atomic mass is 35.5. The number of alkyl halides is 1. The zero-order chi connectivity index (χ0) is 8.91. The number of aliphatic hydroxyl groups is 4. The quantitative estimate of drug-likeness (QED) is 0.248. The molecule has 0 aromatic carbocycles. The average Bonchev–Trinajstić information content (AvgIpc) is 1.85. The summed E-state index contributed by atoms with van der Waals surface area (Å²) >= 11 is 5.22. The summed E-state index contributed by atoms with van der Waals surface area (Å²) in [6, 6.07) is 0. The zero-order valence-corrected chi connectivity index (χ0v) is 6.62. The van der Waals surface area contributed by atoms with Crippen molar-refractivity contribution in [1.82, 2.24) is 5.32 Å². The van der Waals surface area contributed by atoms with Gasteiger partial charge < -0.3 is 25.7 Å². The molecular weight excluding hydrogens is 174 g/mol. The van der Waals surface area contributed by atoms with Crippen LogP contribution < -0.4 is 5.32 Å². The van der Waals surface area contributed by atoms with Crippen LogP contribution in [0.3, 0.4) is 0 Å². The molecule has 5 nitrogen and oxygen atoms in total. The van der Waals surface area contributed by atoms with Gasteiger partial charge in [0, 0.05) is 12.4 Å². The molecule has 0 radical (unpaired) electrons. The minimum atomic E-state index is -2.73. The van der Waals surface area contributed by atoms with Gasteiger partial charge in [0.15, 0.2) is 0 Å². The minimum absolute atomic E-state index is 0.0578. The van der Waals surface area contributed by atoms with Crippen LogP contribution in [-0.2, 0) is 0 Å². The van der Waals surface area contributed by atoms with E-state index in [4.69, 9.17) is 32.0 Å². The molecule has 0 fully saturated rings. The molecule has 0 spiro atoms. The number of nitrogens with one attached hydrogen (secondary N) is 1. The van der Waals surface area contributed by atoms with Crippen LogP contribution in [-0.4, -0.2) is 51.5 Å². The van der Waals surface area contributed by atoms with Gasteiger partial charge in [0.05, 0.1) is 12.6 Å². The van der Waals surface area contributed by atoms with E-state index >= 15 is 0 Å². The maximum absolute atomic E-state index is 8.82. The smallest absolute Gasteiger partial charge is 0.288 e. The van der Waals surface area contributed by atoms with Gasteiger partial charge in [0.1, 0.15) is 0 Å². The number of hydrogen-bond donors (Lipinski definition) is 5. The van der Waals surface area contributed by atoms with E-state index < -0.39 is 18.6 Å². The van der Waals surface area contributed by atoms with E-state index in [-0.39, 0.29) is 12.4 Å². The van der Waals surface area contributed by atoms with Crippen molar-refractivity contribution in [2.24, 2.45) is 0 Å². The molecule has 1 atom stereocenters. The van der Waals surface area contributed by atoms with Gasteiger partial charge in [-0.2, -0.15) is 0 Å². The van der Waals surface area contributed by atoms with Gasteiger partial charge in [0.25, 0.3) is 5.97 Å². The van der Waals surface area contributed by atoms with Gasteiger partial charge in [-0.1, -0.05) is 0 Å². The summed E-state index contributed by atoms with van der Waals surface area (Å²) in [5.41, 5.74) is 0. The first-order valence-electron chi connectivity index (χ1n) is 3.07. The summed E-state index contributed by atoms with van der Waals surface area (Å²) in [6.07, 6.45) is -0.751. The second-order valence-corrected chi connectivity index (χ2v) is 2.52. The summed E-state index contributed by atoms with van der Waals surface area (Å²) in [6.45, 7) is -0.326. The average molecular weight is 186 g/mol. The number of aliphatic hydroxyl groups excluding tert-OH is 1. The molecule has 6 heteroatoms. The molecule has 0 amide bonds. The lowest BCUT2D eigenvalue weighted by Crippen LogP contribution is -2.42. The fourth-order valence-electron chi connectivity index (χ4n) is 0.461. The predicted molar refractivity (Wildman–Crippen MR) is 39.0 cm³/mol. The fourth-order valence-corrected chi connectivity index (χ4v) is 0.570. The predicted octanol–water partition coefficient (Wildman–Crippen LogP) is -2.19. The van der Waals surface area contributed by atoms with Crippen molar-refractivity contribution in [3.63, 3.8) is 0 Å². The van der Waals surface area contributed by atoms with E-state index in [0.29, 0.717) is 0 Å². The molecular formula is C5H12ClNO4. The highest BCUT2D eigenvalue weighted by Gasteiger charge is 2.17. The number of halogens is 1. The fraction of sp³-hybridized carbons (Fsp3) is 1.00. The Morgan fingerprint density at radius 2 is 1.91 bits per heavy atom. The largest absolute Gasteiger partial charge is 0.391 e. The van der Waals surface area contributed by atoms with E-state index in [1.165, 1.54) is 0 Å². The Kier molecular flexibility index (Phi) is 4.91. The van der Waals surface area contributed by atoms with Crippen LogP contribution >= 0.6 is 11.6 Å². The van der Waals surface area contributed by atoms with Crippen molar-refractivity contribution in [3.8, 4) is 0 Å². The van der Waals surface area contributed by atoms with Crippen molar-refractivity contribution in [1.29, 1.82) is 0 Å². The molecule has 0 aromatic rings. The van der Waals surface area contributed by atoms with Gasteiger partial charge in [-0.25, -0.2) is 0 Å². The topological polar surface area (TPSA) is 93.0 Å². The van der Waals surface area contributed by atoms with Gasteiger partial charge in [0.2, 0.25) is 0 Å². The van der Waals surface area contributed by atoms with Crippen molar-refractivity contribution < 1.29 is 20.4 Å². The second kappa shape index (κ2) is 4.87. The molecule has 68 valence electrons. The Bertz CT molecular complexity index is 105. The van der Waals surface area contributed by atoms with Crippen LogP contribution in [0.5, 0.6) is 0 Å². The van der Waals surface area contributed by atoms with Gasteiger partial charge in [-0.3, -0.25) is 0 Å². The first-order valence-corrected chi connectivity index (χ1v) is 3.61. The lowest BCUT2D eigenvalue weighted by Gasteiger charge is -2.15. The zero-order valence-electron chi connectivity index (χ0n) is 5.87. The van der Waals surface area contributed by atoms with Gasteiger partial charge >= 0.3 is 0 Å². The maximum Gasteiger partial charge on any atom is 0.288 e. The molecule has 0 bridgehead atoms. The molecule has 11 heavy (non-hydrogen) atoms. The Balaban J connectivity index is 3.28. The van der Waals surface area contributed by atoms with Crippen molar-refractivity contribution >= 4 is 11.6 Å². The summed E-state index contributed by atoms with van der Waals surface area (Å²) in [4.78, 5) is 0. The molecule has 0 saturated heterocycles. The highest BCUT2D eigenvalue weighted by molar-refractivity contribution is 6.18. The van der Waals surface area contributed by atoms with Crippen molar-refractivity contribution in [2.75, 3.05) is 19.0 Å². The summed E-state index contributed by atoms with van der Waals surface area (Å²) in [5, 5.41) is 36.2. The van der Waals surface area contributed by atoms with Crippen LogP contribution in [0.25, 0.3) is 0 Å². The molecule has 0 aliphatic rings. The standard InChI is InChI=1S/C5H12ClNO4/c6-1-4(8)2-7-3-5(9,10)11/h4,7-11H,1-3H2. The normalized spacial score (nSPS) is 15.0. The summed E-state index contributed by atoms with van der Waals surface area (Å²) in [7, 11) is 0. The number of rotatable bonds is 5. The van der Waals surface area contributed by atoms with Crippen LogP contribution in [0.2, 0.25) is 0 Å². The lowest BCUT2D eigenvalue weighted by atomic mass is 10.4. The minimum Gasteiger partial charge on any atom is -0.391 e. The first kappa shape index (κ1) is 11.1. The van der Waals surface area contributed by atoms with Crippen LogP contribution in [0, 0.1) is 0 Å². The Morgan fingerprint density at radius 1 is 1.36 bits per heavy atom. The summed E-state index contributed by atoms with van der Waals surface area (Å²) in [5.74, 6) is -2.67. The van der Waals surface area contributed by atoms with Crippen LogP contribution in [0.15, 0.2) is 0 Å². The Hall–Kier alpha value is 0.0900. The van der Waals surface area contributed by atoms with Gasteiger partial charge in [-0.05, 0) is 0 Å². The monoisotopic (exact) mass is 185 g/mol. The molecule has 0 heterocycles. The Morgan fingerprint density at radius 3 is 2.27 bits per heavy atom. The number of hydrogen-bond acceptors (Lipinski definition) is 5. The van der Waals surface area contributed by atoms with Crippen LogP contribution in [0.1, 0.15) is 0 Å². The third-order valence-corrected chi connectivity index (χ3v) is 1.28. The Labute approximate surface area is 69.2 Å². The van der Waals surface area contributed by atoms with Gasteiger partial charge in [-0.15, -0.1) is 11.6 Å². The molecule has 5 N–H and O–H groups in total. The van der Waals surface area contributed by atoms with E-state index in [1.54, 1.807) is 0 Å². The lowest BCUT2D eigenvalue weighted by molar-refractivity contribution is -0.306. The third kappa shape index (κ3) is 7.99. The summed E-state index contributed by atoms with van der Waals surface area (Å²) < 4.78 is 0. The van der Waals surface area contributed by atoms with Crippen molar-refractivity contribution in [2.45, 2.75) is 12.1 Å². The van der Waals surface area contributed by atoms with E-state index in [2.05, 4.69) is 5.32 Å². The van der Waals surface area contributed by atoms with E-state index in [9.17, 15) is 0 Å². The maximum atomic E-state index is 8.82. The van der Waals surface area contributed by atoms with Crippen LogP contribution in [0.4, 0.5) is 0 Å². The SMILES string of the molecule is OC(CCl)CNCC(O)(O)O. The van der Waals surface area contributed by atoms with E-state index in [1.807, 2.05) is 0 Å².